The highest BCUT2D eigenvalue weighted by molar-refractivity contribution is 6.04. The molecule has 8 heteroatoms. The van der Waals surface area contributed by atoms with Gasteiger partial charge in [-0.25, -0.2) is 13.8 Å². The second kappa shape index (κ2) is 9.13. The van der Waals surface area contributed by atoms with Crippen LogP contribution < -0.4 is 10.2 Å². The molecule has 0 radical (unpaired) electrons. The first kappa shape index (κ1) is 21.4. The van der Waals surface area contributed by atoms with Gasteiger partial charge in [0.25, 0.3) is 11.8 Å². The maximum Gasteiger partial charge on any atom is 0.258 e. The van der Waals surface area contributed by atoms with Gasteiger partial charge < -0.3 is 15.1 Å². The number of carbonyl (C=O) groups excluding carboxylic acids is 2. The van der Waals surface area contributed by atoms with Crippen LogP contribution in [0.1, 0.15) is 26.3 Å². The van der Waals surface area contributed by atoms with Crippen LogP contribution in [0.25, 0.3) is 0 Å². The lowest BCUT2D eigenvalue weighted by Crippen LogP contribution is -2.49. The Balaban J connectivity index is 1.34. The molecular formula is C24H22F2N4O2. The Hall–Kier alpha value is -3.81. The Labute approximate surface area is 184 Å². The summed E-state index contributed by atoms with van der Waals surface area (Å²) in [6, 6.07) is 13.8. The minimum Gasteiger partial charge on any atom is -0.353 e. The van der Waals surface area contributed by atoms with E-state index in [2.05, 4.69) is 15.2 Å². The fourth-order valence-electron chi connectivity index (χ4n) is 3.54. The Bertz CT molecular complexity index is 1130. The predicted octanol–water partition coefficient (Wildman–Crippen LogP) is 3.88. The molecule has 4 rings (SSSR count). The molecule has 0 unspecified atom stereocenters. The second-order valence-corrected chi connectivity index (χ2v) is 7.63. The highest BCUT2D eigenvalue weighted by Gasteiger charge is 2.23. The Morgan fingerprint density at radius 2 is 1.66 bits per heavy atom. The summed E-state index contributed by atoms with van der Waals surface area (Å²) in [5, 5.41) is 2.56. The molecule has 2 heterocycles. The molecule has 2 amide bonds. The van der Waals surface area contributed by atoms with Crippen molar-refractivity contribution in [3.63, 3.8) is 0 Å². The highest BCUT2D eigenvalue weighted by atomic mass is 19.1. The molecule has 1 saturated heterocycles. The van der Waals surface area contributed by atoms with Crippen LogP contribution in [0.3, 0.4) is 0 Å². The van der Waals surface area contributed by atoms with Crippen molar-refractivity contribution >= 4 is 23.3 Å². The van der Waals surface area contributed by atoms with Crippen molar-refractivity contribution < 1.29 is 18.4 Å². The zero-order chi connectivity index (χ0) is 22.7. The Kier molecular flexibility index (Phi) is 6.11. The van der Waals surface area contributed by atoms with Crippen molar-refractivity contribution in [2.24, 2.45) is 0 Å². The molecule has 0 aliphatic carbocycles. The zero-order valence-electron chi connectivity index (χ0n) is 17.5. The number of hydrogen-bond donors (Lipinski definition) is 1. The summed E-state index contributed by atoms with van der Waals surface area (Å²) in [6.07, 6.45) is 1.48. The smallest absolute Gasteiger partial charge is 0.258 e. The molecule has 6 nitrogen and oxygen atoms in total. The number of pyridine rings is 1. The number of benzene rings is 2. The third kappa shape index (κ3) is 4.74. The molecule has 1 aliphatic heterocycles. The summed E-state index contributed by atoms with van der Waals surface area (Å²) in [5.74, 6) is -1.61. The molecule has 1 aliphatic rings. The Morgan fingerprint density at radius 3 is 2.28 bits per heavy atom. The van der Waals surface area contributed by atoms with Gasteiger partial charge in [-0.05, 0) is 43.3 Å². The van der Waals surface area contributed by atoms with Gasteiger partial charge in [0.05, 0.1) is 17.4 Å². The lowest BCUT2D eigenvalue weighted by Gasteiger charge is -2.35. The number of carbonyl (C=O) groups is 2. The molecule has 2 aromatic carbocycles. The van der Waals surface area contributed by atoms with E-state index in [1.807, 2.05) is 36.1 Å². The minimum atomic E-state index is -0.926. The van der Waals surface area contributed by atoms with Gasteiger partial charge in [0.15, 0.2) is 0 Å². The first-order valence-corrected chi connectivity index (χ1v) is 10.2. The van der Waals surface area contributed by atoms with Crippen LogP contribution in [-0.4, -0.2) is 47.9 Å². The van der Waals surface area contributed by atoms with Crippen LogP contribution in [0.15, 0.2) is 60.8 Å². The highest BCUT2D eigenvalue weighted by Crippen LogP contribution is 2.19. The number of nitrogens with one attached hydrogen (secondary N) is 1. The third-order valence-electron chi connectivity index (χ3n) is 5.37. The van der Waals surface area contributed by atoms with Crippen molar-refractivity contribution in [3.05, 3.63) is 89.1 Å². The number of piperazine rings is 1. The van der Waals surface area contributed by atoms with Crippen molar-refractivity contribution in [1.29, 1.82) is 0 Å². The number of amides is 2. The van der Waals surface area contributed by atoms with Gasteiger partial charge in [-0.2, -0.15) is 0 Å². The van der Waals surface area contributed by atoms with E-state index in [-0.39, 0.29) is 11.5 Å². The van der Waals surface area contributed by atoms with Gasteiger partial charge in [-0.3, -0.25) is 9.59 Å². The summed E-state index contributed by atoms with van der Waals surface area (Å²) in [7, 11) is 0. The number of hydrogen-bond acceptors (Lipinski definition) is 4. The van der Waals surface area contributed by atoms with E-state index in [1.165, 1.54) is 6.20 Å². The van der Waals surface area contributed by atoms with Crippen molar-refractivity contribution in [2.75, 3.05) is 36.4 Å². The normalized spacial score (nSPS) is 13.7. The van der Waals surface area contributed by atoms with Gasteiger partial charge in [0.1, 0.15) is 17.5 Å². The summed E-state index contributed by atoms with van der Waals surface area (Å²) >= 11 is 0. The second-order valence-electron chi connectivity index (χ2n) is 7.63. The molecule has 0 spiro atoms. The van der Waals surface area contributed by atoms with E-state index in [0.29, 0.717) is 43.5 Å². The SMILES string of the molecule is Cc1ccc(C(=O)N2CCN(c3ccc(NC(=O)c4ccc(F)cc4F)cn3)CC2)cc1. The fourth-order valence-corrected chi connectivity index (χ4v) is 3.54. The van der Waals surface area contributed by atoms with Crippen LogP contribution in [0, 0.1) is 18.6 Å². The van der Waals surface area contributed by atoms with Crippen LogP contribution >= 0.6 is 0 Å². The maximum atomic E-state index is 13.8. The lowest BCUT2D eigenvalue weighted by atomic mass is 10.1. The molecule has 1 N–H and O–H groups in total. The molecule has 3 aromatic rings. The molecule has 0 saturated carbocycles. The van der Waals surface area contributed by atoms with E-state index in [4.69, 9.17) is 0 Å². The number of aryl methyl sites for hydroxylation is 1. The molecular weight excluding hydrogens is 414 g/mol. The number of anilines is 2. The summed E-state index contributed by atoms with van der Waals surface area (Å²) in [5.41, 5.74) is 1.94. The van der Waals surface area contributed by atoms with E-state index in [1.54, 1.807) is 12.1 Å². The maximum absolute atomic E-state index is 13.8. The number of rotatable bonds is 4. The van der Waals surface area contributed by atoms with Crippen LogP contribution in [0.4, 0.5) is 20.3 Å². The van der Waals surface area contributed by atoms with Crippen LogP contribution in [-0.2, 0) is 0 Å². The molecule has 164 valence electrons. The van der Waals surface area contributed by atoms with Gasteiger partial charge in [0, 0.05) is 37.8 Å². The summed E-state index contributed by atoms with van der Waals surface area (Å²) < 4.78 is 26.8. The first-order valence-electron chi connectivity index (χ1n) is 10.2. The van der Waals surface area contributed by atoms with Gasteiger partial charge >= 0.3 is 0 Å². The average Bonchev–Trinajstić information content (AvgIpc) is 2.80. The fraction of sp³-hybridized carbons (Fsp3) is 0.208. The van der Waals surface area contributed by atoms with Crippen molar-refractivity contribution in [3.8, 4) is 0 Å². The summed E-state index contributed by atoms with van der Waals surface area (Å²) in [4.78, 5) is 33.1. The lowest BCUT2D eigenvalue weighted by molar-refractivity contribution is 0.0746. The molecule has 0 atom stereocenters. The zero-order valence-corrected chi connectivity index (χ0v) is 17.5. The molecule has 1 fully saturated rings. The van der Waals surface area contributed by atoms with Crippen molar-refractivity contribution in [1.82, 2.24) is 9.88 Å². The van der Waals surface area contributed by atoms with Crippen molar-refractivity contribution in [2.45, 2.75) is 6.92 Å². The van der Waals surface area contributed by atoms with Gasteiger partial charge in [0.2, 0.25) is 0 Å². The Morgan fingerprint density at radius 1 is 0.938 bits per heavy atom. The quantitative estimate of drug-likeness (QED) is 0.674. The average molecular weight is 436 g/mol. The summed E-state index contributed by atoms with van der Waals surface area (Å²) in [6.45, 7) is 4.42. The number of nitrogens with zero attached hydrogens (tertiary/aromatic N) is 3. The first-order chi connectivity index (χ1) is 15.4. The number of halogens is 2. The molecule has 32 heavy (non-hydrogen) atoms. The standard InChI is InChI=1S/C24H22F2N4O2/c1-16-2-4-17(5-3-16)24(32)30-12-10-29(11-13-30)22-9-7-19(15-27-22)28-23(31)20-8-6-18(25)14-21(20)26/h2-9,14-15H,10-13H2,1H3,(H,28,31). The van der Waals surface area contributed by atoms with E-state index >= 15 is 0 Å². The molecule has 1 aromatic heterocycles. The predicted molar refractivity (Wildman–Crippen MR) is 118 cm³/mol. The van der Waals surface area contributed by atoms with E-state index < -0.39 is 17.5 Å². The van der Waals surface area contributed by atoms with Gasteiger partial charge in [-0.1, -0.05) is 17.7 Å². The molecule has 0 bridgehead atoms. The van der Waals surface area contributed by atoms with Crippen LogP contribution in [0.2, 0.25) is 0 Å². The van der Waals surface area contributed by atoms with Crippen LogP contribution in [0.5, 0.6) is 0 Å². The van der Waals surface area contributed by atoms with E-state index in [0.717, 1.165) is 23.5 Å². The van der Waals surface area contributed by atoms with Gasteiger partial charge in [-0.15, -0.1) is 0 Å². The monoisotopic (exact) mass is 436 g/mol. The largest absolute Gasteiger partial charge is 0.353 e. The van der Waals surface area contributed by atoms with E-state index in [9.17, 15) is 18.4 Å². The topological polar surface area (TPSA) is 65.5 Å². The third-order valence-corrected chi connectivity index (χ3v) is 5.37. The number of aromatic nitrogens is 1. The minimum absolute atomic E-state index is 0.0173.